The molecule has 0 amide bonds. The molecule has 0 saturated heterocycles. The van der Waals surface area contributed by atoms with Gasteiger partial charge in [-0.15, -0.1) is 0 Å². The van der Waals surface area contributed by atoms with E-state index in [1.165, 1.54) is 30.8 Å². The van der Waals surface area contributed by atoms with E-state index in [9.17, 15) is 18.3 Å². The summed E-state index contributed by atoms with van der Waals surface area (Å²) in [5.41, 5.74) is -0.376. The highest BCUT2D eigenvalue weighted by Crippen LogP contribution is 2.40. The van der Waals surface area contributed by atoms with E-state index in [1.807, 2.05) is 36.5 Å². The number of halogens is 4. The summed E-state index contributed by atoms with van der Waals surface area (Å²) in [6.45, 7) is 0. The molecule has 0 radical (unpaired) electrons. The third kappa shape index (κ3) is 5.41. The van der Waals surface area contributed by atoms with E-state index in [0.29, 0.717) is 17.8 Å². The number of aromatic nitrogens is 6. The standard InChI is InChI=1S/C28H25ClF3N7O2/c1-37-17-33-16-25(37)27(40,19-7-10-23(34-15-19)28(30,31)32)24-14-22(29)21(26(36-24)38(2)41-3)13-18-5-8-20(9-6-18)39-12-4-11-35-39/h4-12,14-17,40H,13H2,1-3H3. The van der Waals surface area contributed by atoms with Crippen LogP contribution in [-0.2, 0) is 30.1 Å². The summed E-state index contributed by atoms with van der Waals surface area (Å²) >= 11 is 6.84. The van der Waals surface area contributed by atoms with Gasteiger partial charge in [-0.1, -0.05) is 29.8 Å². The molecule has 0 bridgehead atoms. The maximum absolute atomic E-state index is 13.2. The highest BCUT2D eigenvalue weighted by molar-refractivity contribution is 6.31. The Balaban J connectivity index is 1.61. The average Bonchev–Trinajstić information content (AvgIpc) is 3.65. The molecule has 4 heterocycles. The monoisotopic (exact) mass is 583 g/mol. The first-order chi connectivity index (χ1) is 19.5. The number of benzene rings is 1. The van der Waals surface area contributed by atoms with E-state index < -0.39 is 17.5 Å². The molecule has 1 atom stereocenters. The van der Waals surface area contributed by atoms with E-state index in [1.54, 1.807) is 29.5 Å². The Labute approximate surface area is 238 Å². The fourth-order valence-electron chi connectivity index (χ4n) is 4.52. The van der Waals surface area contributed by atoms with Crippen molar-refractivity contribution in [1.82, 2.24) is 29.3 Å². The Bertz CT molecular complexity index is 1640. The normalized spacial score (nSPS) is 13.3. The van der Waals surface area contributed by atoms with Gasteiger partial charge in [-0.05, 0) is 35.9 Å². The fraction of sp³-hybridized carbons (Fsp3) is 0.214. The van der Waals surface area contributed by atoms with Crippen molar-refractivity contribution in [3.8, 4) is 5.69 Å². The van der Waals surface area contributed by atoms with Gasteiger partial charge in [0.25, 0.3) is 0 Å². The molecule has 5 rings (SSSR count). The van der Waals surface area contributed by atoms with Crippen LogP contribution in [0.3, 0.4) is 0 Å². The van der Waals surface area contributed by atoms with Crippen LogP contribution in [0.2, 0.25) is 5.02 Å². The van der Waals surface area contributed by atoms with E-state index in [2.05, 4.69) is 15.1 Å². The highest BCUT2D eigenvalue weighted by atomic mass is 35.5. The summed E-state index contributed by atoms with van der Waals surface area (Å²) < 4.78 is 43.0. The molecule has 13 heteroatoms. The molecule has 1 unspecified atom stereocenters. The van der Waals surface area contributed by atoms with Crippen molar-refractivity contribution >= 4 is 17.4 Å². The van der Waals surface area contributed by atoms with Crippen molar-refractivity contribution in [3.63, 3.8) is 0 Å². The van der Waals surface area contributed by atoms with Gasteiger partial charge in [0, 0.05) is 55.3 Å². The summed E-state index contributed by atoms with van der Waals surface area (Å²) in [5.74, 6) is 0.312. The lowest BCUT2D eigenvalue weighted by atomic mass is 9.87. The fourth-order valence-corrected chi connectivity index (χ4v) is 4.78. The summed E-state index contributed by atoms with van der Waals surface area (Å²) in [6, 6.07) is 13.0. The second kappa shape index (κ2) is 11.0. The first-order valence-corrected chi connectivity index (χ1v) is 12.7. The molecule has 0 aliphatic rings. The first-order valence-electron chi connectivity index (χ1n) is 12.3. The van der Waals surface area contributed by atoms with Gasteiger partial charge < -0.3 is 9.67 Å². The van der Waals surface area contributed by atoms with Crippen LogP contribution in [0, 0.1) is 0 Å². The largest absolute Gasteiger partial charge is 0.433 e. The zero-order chi connectivity index (χ0) is 29.4. The number of nitrogens with zero attached hydrogens (tertiary/aromatic N) is 7. The van der Waals surface area contributed by atoms with E-state index in [0.717, 1.165) is 29.6 Å². The summed E-state index contributed by atoms with van der Waals surface area (Å²) in [7, 11) is 4.74. The number of rotatable bonds is 8. The second-order valence-corrected chi connectivity index (χ2v) is 9.70. The highest BCUT2D eigenvalue weighted by Gasteiger charge is 2.41. The first kappa shape index (κ1) is 28.3. The van der Waals surface area contributed by atoms with Gasteiger partial charge in [0.05, 0.1) is 36.7 Å². The number of hydrogen-bond donors (Lipinski definition) is 1. The second-order valence-electron chi connectivity index (χ2n) is 9.30. The number of imidazole rings is 1. The lowest BCUT2D eigenvalue weighted by Gasteiger charge is -2.30. The van der Waals surface area contributed by atoms with Crippen LogP contribution >= 0.6 is 11.6 Å². The van der Waals surface area contributed by atoms with E-state index >= 15 is 0 Å². The molecule has 4 aromatic heterocycles. The van der Waals surface area contributed by atoms with Gasteiger partial charge in [-0.3, -0.25) is 9.82 Å². The molecule has 0 aliphatic heterocycles. The Morgan fingerprint density at radius 3 is 2.39 bits per heavy atom. The Morgan fingerprint density at radius 2 is 1.83 bits per heavy atom. The Hall–Kier alpha value is -4.26. The maximum atomic E-state index is 13.2. The SMILES string of the molecule is CON(C)c1nc(C(O)(c2ccc(C(F)(F)F)nc2)c2cncn2C)cc(Cl)c1Cc1ccc(-n2cccn2)cc1. The number of aryl methyl sites for hydroxylation is 1. The molecular weight excluding hydrogens is 559 g/mol. The topological polar surface area (TPSA) is 94.1 Å². The molecule has 0 fully saturated rings. The van der Waals surface area contributed by atoms with Crippen molar-refractivity contribution in [3.05, 3.63) is 118 Å². The number of anilines is 1. The molecule has 1 aromatic carbocycles. The summed E-state index contributed by atoms with van der Waals surface area (Å²) in [6.07, 6.45) is 3.11. The Kier molecular flexibility index (Phi) is 7.56. The lowest BCUT2D eigenvalue weighted by Crippen LogP contribution is -2.33. The van der Waals surface area contributed by atoms with Crippen molar-refractivity contribution < 1.29 is 23.1 Å². The van der Waals surface area contributed by atoms with Crippen LogP contribution in [0.25, 0.3) is 5.69 Å². The molecule has 41 heavy (non-hydrogen) atoms. The molecular formula is C28H25ClF3N7O2. The van der Waals surface area contributed by atoms with Gasteiger partial charge in [-0.25, -0.2) is 19.7 Å². The number of aliphatic hydroxyl groups is 1. The molecule has 1 N–H and O–H groups in total. The van der Waals surface area contributed by atoms with Crippen LogP contribution in [0.5, 0.6) is 0 Å². The van der Waals surface area contributed by atoms with Crippen molar-refractivity contribution in [1.29, 1.82) is 0 Å². The van der Waals surface area contributed by atoms with Crippen LogP contribution in [0.1, 0.15) is 33.8 Å². The smallest absolute Gasteiger partial charge is 0.373 e. The minimum absolute atomic E-state index is 0.0457. The summed E-state index contributed by atoms with van der Waals surface area (Å²) in [5, 5.41) is 18.1. The van der Waals surface area contributed by atoms with Crippen molar-refractivity contribution in [2.24, 2.45) is 7.05 Å². The molecule has 9 nitrogen and oxygen atoms in total. The number of alkyl halides is 3. The van der Waals surface area contributed by atoms with Gasteiger partial charge in [0.15, 0.2) is 11.4 Å². The molecule has 0 saturated carbocycles. The third-order valence-corrected chi connectivity index (χ3v) is 7.07. The minimum Gasteiger partial charge on any atom is -0.373 e. The molecule has 5 aromatic rings. The van der Waals surface area contributed by atoms with Crippen LogP contribution < -0.4 is 5.06 Å². The zero-order valence-electron chi connectivity index (χ0n) is 22.2. The average molecular weight is 584 g/mol. The van der Waals surface area contributed by atoms with Gasteiger partial charge in [0.2, 0.25) is 0 Å². The van der Waals surface area contributed by atoms with Crippen molar-refractivity contribution in [2.45, 2.75) is 18.2 Å². The van der Waals surface area contributed by atoms with Crippen LogP contribution in [-0.4, -0.2) is 48.6 Å². The van der Waals surface area contributed by atoms with Gasteiger partial charge in [-0.2, -0.15) is 18.3 Å². The predicted molar refractivity (Wildman–Crippen MR) is 146 cm³/mol. The molecule has 0 spiro atoms. The lowest BCUT2D eigenvalue weighted by molar-refractivity contribution is -0.141. The quantitative estimate of drug-likeness (QED) is 0.259. The number of hydroxylamine groups is 1. The minimum atomic E-state index is -4.64. The predicted octanol–water partition coefficient (Wildman–Crippen LogP) is 4.94. The van der Waals surface area contributed by atoms with Gasteiger partial charge in [0.1, 0.15) is 5.69 Å². The van der Waals surface area contributed by atoms with E-state index in [-0.39, 0.29) is 22.0 Å². The van der Waals surface area contributed by atoms with Crippen LogP contribution in [0.4, 0.5) is 19.0 Å². The van der Waals surface area contributed by atoms with Crippen LogP contribution in [0.15, 0.2) is 79.6 Å². The summed E-state index contributed by atoms with van der Waals surface area (Å²) in [4.78, 5) is 17.8. The van der Waals surface area contributed by atoms with Gasteiger partial charge >= 0.3 is 6.18 Å². The van der Waals surface area contributed by atoms with E-state index in [4.69, 9.17) is 21.4 Å². The van der Waals surface area contributed by atoms with Crippen molar-refractivity contribution in [2.75, 3.05) is 19.2 Å². The molecule has 0 aliphatic carbocycles. The maximum Gasteiger partial charge on any atom is 0.433 e. The number of pyridine rings is 2. The molecule has 212 valence electrons. The number of hydrogen-bond acceptors (Lipinski definition) is 7. The Morgan fingerprint density at radius 1 is 1.07 bits per heavy atom. The zero-order valence-corrected chi connectivity index (χ0v) is 23.0. The third-order valence-electron chi connectivity index (χ3n) is 6.74.